The minimum atomic E-state index is 0.665. The van der Waals surface area contributed by atoms with Gasteiger partial charge in [0, 0.05) is 18.7 Å². The van der Waals surface area contributed by atoms with Gasteiger partial charge in [0.1, 0.15) is 11.5 Å². The fourth-order valence-electron chi connectivity index (χ4n) is 2.04. The topological polar surface area (TPSA) is 28.4 Å². The van der Waals surface area contributed by atoms with E-state index in [1.165, 1.54) is 5.56 Å². The summed E-state index contributed by atoms with van der Waals surface area (Å²) >= 11 is 0. The Morgan fingerprint density at radius 1 is 1.47 bits per heavy atom. The lowest BCUT2D eigenvalue weighted by Gasteiger charge is -2.17. The summed E-state index contributed by atoms with van der Waals surface area (Å²) < 4.78 is 5.80. The van der Waals surface area contributed by atoms with E-state index in [0.29, 0.717) is 5.92 Å². The molecule has 108 valence electrons. The highest BCUT2D eigenvalue weighted by atomic mass is 16.3. The molecule has 0 amide bonds. The molecule has 3 nitrogen and oxygen atoms in total. The lowest BCUT2D eigenvalue weighted by Crippen LogP contribution is -2.22. The Bertz CT molecular complexity index is 382. The number of hydrogen-bond donors (Lipinski definition) is 1. The smallest absolute Gasteiger partial charge is 0.118 e. The van der Waals surface area contributed by atoms with E-state index in [1.54, 1.807) is 0 Å². The lowest BCUT2D eigenvalue weighted by atomic mass is 10.2. The van der Waals surface area contributed by atoms with Gasteiger partial charge in [-0.1, -0.05) is 26.8 Å². The van der Waals surface area contributed by atoms with Crippen molar-refractivity contribution < 1.29 is 4.42 Å². The van der Waals surface area contributed by atoms with E-state index in [0.717, 1.165) is 44.2 Å². The van der Waals surface area contributed by atoms with Crippen LogP contribution in [0.25, 0.3) is 0 Å². The average molecular weight is 264 g/mol. The Morgan fingerprint density at radius 3 is 2.79 bits per heavy atom. The first-order valence-corrected chi connectivity index (χ1v) is 7.19. The average Bonchev–Trinajstić information content (AvgIpc) is 2.69. The highest BCUT2D eigenvalue weighted by Crippen LogP contribution is 2.16. The number of furan rings is 1. The summed E-state index contributed by atoms with van der Waals surface area (Å²) in [6.07, 6.45) is 1.95. The molecule has 0 aliphatic heterocycles. The number of nitrogens with one attached hydrogen (secondary N) is 1. The third kappa shape index (κ3) is 5.62. The van der Waals surface area contributed by atoms with Crippen LogP contribution in [0.1, 0.15) is 37.9 Å². The Hall–Kier alpha value is -1.06. The molecule has 0 bridgehead atoms. The molecule has 1 N–H and O–H groups in total. The number of nitrogens with zero attached hydrogens (tertiary/aromatic N) is 1. The molecular weight excluding hydrogens is 236 g/mol. The predicted octanol–water partition coefficient (Wildman–Crippen LogP) is 3.34. The van der Waals surface area contributed by atoms with Crippen LogP contribution >= 0.6 is 0 Å². The van der Waals surface area contributed by atoms with Gasteiger partial charge in [-0.2, -0.15) is 0 Å². The lowest BCUT2D eigenvalue weighted by molar-refractivity contribution is 0.308. The Balaban J connectivity index is 2.55. The molecule has 19 heavy (non-hydrogen) atoms. The number of rotatable bonds is 9. The molecule has 1 aromatic heterocycles. The van der Waals surface area contributed by atoms with Crippen molar-refractivity contribution in [2.45, 2.75) is 40.8 Å². The number of aryl methyl sites for hydroxylation is 1. The van der Waals surface area contributed by atoms with Gasteiger partial charge in [0.05, 0.1) is 6.54 Å². The molecule has 1 rings (SSSR count). The minimum Gasteiger partial charge on any atom is -0.465 e. The molecule has 3 heteroatoms. The highest BCUT2D eigenvalue weighted by molar-refractivity contribution is 5.20. The van der Waals surface area contributed by atoms with Gasteiger partial charge in [-0.25, -0.2) is 0 Å². The van der Waals surface area contributed by atoms with Crippen LogP contribution in [0.5, 0.6) is 0 Å². The van der Waals surface area contributed by atoms with Crippen LogP contribution in [0.4, 0.5) is 0 Å². The van der Waals surface area contributed by atoms with E-state index >= 15 is 0 Å². The third-order valence-electron chi connectivity index (χ3n) is 3.15. The third-order valence-corrected chi connectivity index (χ3v) is 3.15. The molecule has 1 heterocycles. The van der Waals surface area contributed by atoms with E-state index in [4.69, 9.17) is 4.42 Å². The van der Waals surface area contributed by atoms with Crippen molar-refractivity contribution in [1.82, 2.24) is 10.2 Å². The maximum atomic E-state index is 5.80. The normalized spacial score (nSPS) is 11.5. The Kier molecular flexibility index (Phi) is 6.89. The summed E-state index contributed by atoms with van der Waals surface area (Å²) in [7, 11) is 0. The van der Waals surface area contributed by atoms with Crippen molar-refractivity contribution >= 4 is 0 Å². The molecule has 0 aliphatic rings. The maximum absolute atomic E-state index is 5.80. The second-order valence-corrected chi connectivity index (χ2v) is 5.44. The van der Waals surface area contributed by atoms with Crippen LogP contribution < -0.4 is 5.32 Å². The van der Waals surface area contributed by atoms with E-state index in [9.17, 15) is 0 Å². The van der Waals surface area contributed by atoms with Crippen molar-refractivity contribution in [1.29, 1.82) is 0 Å². The SMILES string of the molecule is C=CCN(CC)Cc1cc(CNCC(C)C)oc1C. The van der Waals surface area contributed by atoms with Gasteiger partial charge >= 0.3 is 0 Å². The van der Waals surface area contributed by atoms with Crippen molar-refractivity contribution in [3.8, 4) is 0 Å². The van der Waals surface area contributed by atoms with E-state index in [1.807, 2.05) is 13.0 Å². The van der Waals surface area contributed by atoms with Crippen molar-refractivity contribution in [3.05, 3.63) is 35.8 Å². The van der Waals surface area contributed by atoms with Crippen molar-refractivity contribution in [3.63, 3.8) is 0 Å². The Morgan fingerprint density at radius 2 is 2.21 bits per heavy atom. The number of hydrogen-bond acceptors (Lipinski definition) is 3. The van der Waals surface area contributed by atoms with Crippen LogP contribution in [0, 0.1) is 12.8 Å². The summed E-state index contributed by atoms with van der Waals surface area (Å²) in [5, 5.41) is 3.41. The summed E-state index contributed by atoms with van der Waals surface area (Å²) in [6, 6.07) is 2.18. The summed E-state index contributed by atoms with van der Waals surface area (Å²) in [4.78, 5) is 2.34. The molecular formula is C16H28N2O. The zero-order chi connectivity index (χ0) is 14.3. The van der Waals surface area contributed by atoms with Gasteiger partial charge in [0.2, 0.25) is 0 Å². The quantitative estimate of drug-likeness (QED) is 0.693. The molecule has 1 aromatic rings. The van der Waals surface area contributed by atoms with E-state index < -0.39 is 0 Å². The molecule has 0 aromatic carbocycles. The van der Waals surface area contributed by atoms with Gasteiger partial charge in [0.15, 0.2) is 0 Å². The standard InChI is InChI=1S/C16H28N2O/c1-6-8-18(7-2)12-15-9-16(19-14(15)5)11-17-10-13(3)4/h6,9,13,17H,1,7-8,10-12H2,2-5H3. The van der Waals surface area contributed by atoms with Gasteiger partial charge in [-0.15, -0.1) is 6.58 Å². The molecule has 0 fully saturated rings. The molecule has 0 saturated carbocycles. The fourth-order valence-corrected chi connectivity index (χ4v) is 2.04. The van der Waals surface area contributed by atoms with Gasteiger partial charge in [-0.05, 0) is 32.0 Å². The van der Waals surface area contributed by atoms with E-state index in [-0.39, 0.29) is 0 Å². The van der Waals surface area contributed by atoms with E-state index in [2.05, 4.69) is 43.6 Å². The molecule has 0 saturated heterocycles. The largest absolute Gasteiger partial charge is 0.465 e. The second-order valence-electron chi connectivity index (χ2n) is 5.44. The first kappa shape index (κ1) is 16.0. The van der Waals surface area contributed by atoms with Gasteiger partial charge < -0.3 is 9.73 Å². The van der Waals surface area contributed by atoms with Crippen molar-refractivity contribution in [2.75, 3.05) is 19.6 Å². The molecule has 0 aliphatic carbocycles. The number of likely N-dealkylation sites (N-methyl/N-ethyl adjacent to an activating group) is 1. The first-order valence-electron chi connectivity index (χ1n) is 7.19. The second kappa shape index (κ2) is 8.18. The first-order chi connectivity index (χ1) is 9.06. The molecule has 0 unspecified atom stereocenters. The predicted molar refractivity (Wildman–Crippen MR) is 81.1 cm³/mol. The molecule has 0 atom stereocenters. The zero-order valence-corrected chi connectivity index (χ0v) is 12.8. The summed E-state index contributed by atoms with van der Waals surface area (Å²) in [5.41, 5.74) is 1.28. The highest BCUT2D eigenvalue weighted by Gasteiger charge is 2.10. The van der Waals surface area contributed by atoms with Gasteiger partial charge in [-0.3, -0.25) is 4.90 Å². The van der Waals surface area contributed by atoms with Crippen LogP contribution in [-0.4, -0.2) is 24.5 Å². The monoisotopic (exact) mass is 264 g/mol. The fraction of sp³-hybridized carbons (Fsp3) is 0.625. The maximum Gasteiger partial charge on any atom is 0.118 e. The van der Waals surface area contributed by atoms with Crippen LogP contribution in [-0.2, 0) is 13.1 Å². The van der Waals surface area contributed by atoms with Crippen LogP contribution in [0.15, 0.2) is 23.1 Å². The molecule has 0 spiro atoms. The Labute approximate surface area is 117 Å². The van der Waals surface area contributed by atoms with Crippen molar-refractivity contribution in [2.24, 2.45) is 5.92 Å². The zero-order valence-electron chi connectivity index (χ0n) is 12.8. The van der Waals surface area contributed by atoms with Crippen LogP contribution in [0.2, 0.25) is 0 Å². The summed E-state index contributed by atoms with van der Waals surface area (Å²) in [6.45, 7) is 17.1. The molecule has 0 radical (unpaired) electrons. The van der Waals surface area contributed by atoms with Crippen LogP contribution in [0.3, 0.4) is 0 Å². The van der Waals surface area contributed by atoms with Gasteiger partial charge in [0.25, 0.3) is 0 Å². The summed E-state index contributed by atoms with van der Waals surface area (Å²) in [5.74, 6) is 2.73. The minimum absolute atomic E-state index is 0.665.